The number of halogens is 2. The molecule has 0 unspecified atom stereocenters. The summed E-state index contributed by atoms with van der Waals surface area (Å²) in [5.74, 6) is -0.209. The van der Waals surface area contributed by atoms with E-state index >= 15 is 0 Å². The van der Waals surface area contributed by atoms with Crippen LogP contribution in [0.5, 0.6) is 0 Å². The highest BCUT2D eigenvalue weighted by Crippen LogP contribution is 2.22. The lowest BCUT2D eigenvalue weighted by atomic mass is 10.2. The van der Waals surface area contributed by atoms with Crippen molar-refractivity contribution in [3.05, 3.63) is 39.5 Å². The Bertz CT molecular complexity index is 628. The molecule has 0 radical (unpaired) electrons. The van der Waals surface area contributed by atoms with Gasteiger partial charge in [0.15, 0.2) is 10.3 Å². The van der Waals surface area contributed by atoms with Crippen LogP contribution in [0.4, 0.5) is 5.69 Å². The Morgan fingerprint density at radius 2 is 2.16 bits per heavy atom. The SMILES string of the molecule is Cc1oc(CNc2cc(Cl)nnc2Cl)cc1C(=O)O. The quantitative estimate of drug-likeness (QED) is 0.902. The van der Waals surface area contributed by atoms with Gasteiger partial charge in [0.05, 0.1) is 12.2 Å². The van der Waals surface area contributed by atoms with Crippen LogP contribution in [0.3, 0.4) is 0 Å². The van der Waals surface area contributed by atoms with Gasteiger partial charge < -0.3 is 14.8 Å². The molecule has 2 heterocycles. The minimum atomic E-state index is -1.03. The van der Waals surface area contributed by atoms with E-state index in [2.05, 4.69) is 15.5 Å². The first-order valence-corrected chi connectivity index (χ1v) is 5.98. The molecule has 0 aliphatic rings. The number of nitrogens with one attached hydrogen (secondary N) is 1. The number of nitrogens with zero attached hydrogens (tertiary/aromatic N) is 2. The predicted molar refractivity (Wildman–Crippen MR) is 69.8 cm³/mol. The van der Waals surface area contributed by atoms with E-state index in [1.165, 1.54) is 12.1 Å². The normalized spacial score (nSPS) is 10.5. The second-order valence-electron chi connectivity index (χ2n) is 3.71. The Morgan fingerprint density at radius 1 is 1.42 bits per heavy atom. The van der Waals surface area contributed by atoms with E-state index < -0.39 is 5.97 Å². The summed E-state index contributed by atoms with van der Waals surface area (Å²) in [6.45, 7) is 1.85. The van der Waals surface area contributed by atoms with E-state index in [9.17, 15) is 4.79 Å². The lowest BCUT2D eigenvalue weighted by Crippen LogP contribution is -2.01. The van der Waals surface area contributed by atoms with Crippen molar-refractivity contribution in [2.45, 2.75) is 13.5 Å². The van der Waals surface area contributed by atoms with Crippen molar-refractivity contribution in [2.75, 3.05) is 5.32 Å². The number of aromatic carboxylic acids is 1. The summed E-state index contributed by atoms with van der Waals surface area (Å²) in [4.78, 5) is 10.9. The Balaban J connectivity index is 2.12. The molecule has 0 saturated heterocycles. The molecular formula is C11H9Cl2N3O3. The Morgan fingerprint density at radius 3 is 2.79 bits per heavy atom. The number of carboxylic acids is 1. The van der Waals surface area contributed by atoms with Gasteiger partial charge >= 0.3 is 5.97 Å². The largest absolute Gasteiger partial charge is 0.478 e. The molecule has 2 N–H and O–H groups in total. The fourth-order valence-electron chi connectivity index (χ4n) is 1.50. The highest BCUT2D eigenvalue weighted by molar-refractivity contribution is 6.33. The zero-order chi connectivity index (χ0) is 14.0. The molecule has 2 rings (SSSR count). The molecule has 0 aromatic carbocycles. The number of carbonyl (C=O) groups is 1. The number of furan rings is 1. The number of aryl methyl sites for hydroxylation is 1. The van der Waals surface area contributed by atoms with Gasteiger partial charge in [0.25, 0.3) is 0 Å². The summed E-state index contributed by atoms with van der Waals surface area (Å²) in [6.07, 6.45) is 0. The van der Waals surface area contributed by atoms with Crippen molar-refractivity contribution < 1.29 is 14.3 Å². The van der Waals surface area contributed by atoms with Crippen LogP contribution in [-0.2, 0) is 6.54 Å². The average molecular weight is 302 g/mol. The van der Waals surface area contributed by atoms with Crippen molar-refractivity contribution in [3.63, 3.8) is 0 Å². The molecule has 0 aliphatic heterocycles. The van der Waals surface area contributed by atoms with Crippen LogP contribution in [-0.4, -0.2) is 21.3 Å². The van der Waals surface area contributed by atoms with E-state index in [-0.39, 0.29) is 22.4 Å². The van der Waals surface area contributed by atoms with E-state index in [4.69, 9.17) is 32.7 Å². The number of aromatic nitrogens is 2. The molecule has 0 amide bonds. The zero-order valence-corrected chi connectivity index (χ0v) is 11.3. The summed E-state index contributed by atoms with van der Waals surface area (Å²) in [6, 6.07) is 2.97. The number of hydrogen-bond acceptors (Lipinski definition) is 5. The summed E-state index contributed by atoms with van der Waals surface area (Å²) >= 11 is 11.5. The van der Waals surface area contributed by atoms with Crippen LogP contribution >= 0.6 is 23.2 Å². The standard InChI is InChI=1S/C11H9Cl2N3O3/c1-5-7(11(17)18)2-6(19-5)4-14-8-3-9(12)15-16-10(8)13/h2-3H,4H2,1H3,(H,14,15)(H,17,18). The van der Waals surface area contributed by atoms with E-state index in [0.717, 1.165) is 0 Å². The first-order chi connectivity index (χ1) is 8.97. The molecule has 0 spiro atoms. The van der Waals surface area contributed by atoms with Gasteiger partial charge in [-0.25, -0.2) is 4.79 Å². The van der Waals surface area contributed by atoms with Crippen LogP contribution < -0.4 is 5.32 Å². The summed E-state index contributed by atoms with van der Waals surface area (Å²) in [5.41, 5.74) is 0.626. The fraction of sp³-hybridized carbons (Fsp3) is 0.182. The molecule has 8 heteroatoms. The van der Waals surface area contributed by atoms with Gasteiger partial charge in [-0.3, -0.25) is 0 Å². The maximum absolute atomic E-state index is 10.9. The van der Waals surface area contributed by atoms with Gasteiger partial charge in [-0.05, 0) is 13.0 Å². The van der Waals surface area contributed by atoms with Gasteiger partial charge in [0.1, 0.15) is 17.1 Å². The third-order valence-corrected chi connectivity index (χ3v) is 2.84. The molecule has 19 heavy (non-hydrogen) atoms. The molecule has 6 nitrogen and oxygen atoms in total. The van der Waals surface area contributed by atoms with Crippen LogP contribution in [0.25, 0.3) is 0 Å². The van der Waals surface area contributed by atoms with Crippen LogP contribution in [0.2, 0.25) is 10.3 Å². The van der Waals surface area contributed by atoms with Crippen molar-refractivity contribution >= 4 is 34.9 Å². The maximum Gasteiger partial charge on any atom is 0.339 e. The molecule has 2 aromatic heterocycles. The molecule has 0 bridgehead atoms. The second kappa shape index (κ2) is 5.46. The molecule has 2 aromatic rings. The fourth-order valence-corrected chi connectivity index (χ4v) is 1.81. The summed E-state index contributed by atoms with van der Waals surface area (Å²) in [7, 11) is 0. The summed E-state index contributed by atoms with van der Waals surface area (Å²) in [5, 5.41) is 19.4. The van der Waals surface area contributed by atoms with Crippen molar-refractivity contribution in [1.29, 1.82) is 0 Å². The summed E-state index contributed by atoms with van der Waals surface area (Å²) < 4.78 is 5.31. The highest BCUT2D eigenvalue weighted by atomic mass is 35.5. The van der Waals surface area contributed by atoms with E-state index in [1.807, 2.05) is 0 Å². The van der Waals surface area contributed by atoms with Gasteiger partial charge in [-0.2, -0.15) is 0 Å². The smallest absolute Gasteiger partial charge is 0.339 e. The van der Waals surface area contributed by atoms with Crippen LogP contribution in [0.1, 0.15) is 21.9 Å². The van der Waals surface area contributed by atoms with Gasteiger partial charge in [-0.15, -0.1) is 10.2 Å². The third kappa shape index (κ3) is 3.15. The minimum absolute atomic E-state index is 0.133. The lowest BCUT2D eigenvalue weighted by Gasteiger charge is -2.05. The third-order valence-electron chi connectivity index (χ3n) is 2.37. The average Bonchev–Trinajstić information content (AvgIpc) is 2.72. The molecular weight excluding hydrogens is 293 g/mol. The number of rotatable bonds is 4. The number of carboxylic acid groups (broad SMARTS) is 1. The monoisotopic (exact) mass is 301 g/mol. The van der Waals surface area contributed by atoms with Crippen LogP contribution in [0.15, 0.2) is 16.5 Å². The van der Waals surface area contributed by atoms with Gasteiger partial charge in [-0.1, -0.05) is 23.2 Å². The van der Waals surface area contributed by atoms with Crippen LogP contribution in [0, 0.1) is 6.92 Å². The first-order valence-electron chi connectivity index (χ1n) is 5.22. The Kier molecular flexibility index (Phi) is 3.92. The Hall–Kier alpha value is -1.79. The van der Waals surface area contributed by atoms with E-state index in [1.54, 1.807) is 6.92 Å². The van der Waals surface area contributed by atoms with E-state index in [0.29, 0.717) is 17.2 Å². The number of anilines is 1. The van der Waals surface area contributed by atoms with Gasteiger partial charge in [0.2, 0.25) is 0 Å². The Labute approximate surface area is 118 Å². The number of hydrogen-bond donors (Lipinski definition) is 2. The lowest BCUT2D eigenvalue weighted by molar-refractivity contribution is 0.0695. The maximum atomic E-state index is 10.9. The topological polar surface area (TPSA) is 88.3 Å². The predicted octanol–water partition coefficient (Wildman–Crippen LogP) is 3.00. The second-order valence-corrected chi connectivity index (χ2v) is 4.46. The van der Waals surface area contributed by atoms with Crippen molar-refractivity contribution in [3.8, 4) is 0 Å². The first kappa shape index (κ1) is 13.6. The molecule has 0 fully saturated rings. The highest BCUT2D eigenvalue weighted by Gasteiger charge is 2.14. The molecule has 0 aliphatic carbocycles. The molecule has 0 saturated carbocycles. The molecule has 0 atom stereocenters. The van der Waals surface area contributed by atoms with Crippen molar-refractivity contribution in [2.24, 2.45) is 0 Å². The minimum Gasteiger partial charge on any atom is -0.478 e. The van der Waals surface area contributed by atoms with Crippen molar-refractivity contribution in [1.82, 2.24) is 10.2 Å². The zero-order valence-electron chi connectivity index (χ0n) is 9.78. The van der Waals surface area contributed by atoms with Gasteiger partial charge in [0, 0.05) is 6.07 Å². The molecule has 100 valence electrons.